The van der Waals surface area contributed by atoms with Crippen molar-refractivity contribution in [3.8, 4) is 10.6 Å². The third-order valence-corrected chi connectivity index (χ3v) is 5.04. The number of ether oxygens (including phenoxy) is 1. The molecule has 0 aliphatic heterocycles. The van der Waals surface area contributed by atoms with Crippen LogP contribution >= 0.6 is 23.1 Å². The normalized spacial score (nSPS) is 11.7. The van der Waals surface area contributed by atoms with Gasteiger partial charge in [-0.3, -0.25) is 4.98 Å². The van der Waals surface area contributed by atoms with Gasteiger partial charge in [-0.1, -0.05) is 11.3 Å². The van der Waals surface area contributed by atoms with Crippen molar-refractivity contribution < 1.29 is 4.74 Å². The van der Waals surface area contributed by atoms with Crippen LogP contribution in [0.4, 0.5) is 5.00 Å². The fourth-order valence-corrected chi connectivity index (χ4v) is 3.47. The molecule has 0 bridgehead atoms. The van der Waals surface area contributed by atoms with Gasteiger partial charge in [0.1, 0.15) is 16.7 Å². The van der Waals surface area contributed by atoms with Crippen LogP contribution in [0, 0.1) is 6.92 Å². The lowest BCUT2D eigenvalue weighted by Gasteiger charge is -2.28. The quantitative estimate of drug-likeness (QED) is 0.689. The first kappa shape index (κ1) is 18.2. The third kappa shape index (κ3) is 5.48. The predicted octanol–water partition coefficient (Wildman–Crippen LogP) is 4.46. The molecular weight excluding hydrogens is 326 g/mol. The molecule has 0 fully saturated rings. The minimum Gasteiger partial charge on any atom is -0.356 e. The van der Waals surface area contributed by atoms with Gasteiger partial charge in [0.2, 0.25) is 0 Å². The molecule has 0 saturated carbocycles. The zero-order chi connectivity index (χ0) is 16.9. The predicted molar refractivity (Wildman–Crippen MR) is 102 cm³/mol. The maximum atomic E-state index is 6.00. The topological polar surface area (TPSA) is 38.2 Å². The van der Waals surface area contributed by atoms with E-state index < -0.39 is 0 Å². The van der Waals surface area contributed by atoms with Gasteiger partial charge >= 0.3 is 0 Å². The summed E-state index contributed by atoms with van der Waals surface area (Å²) >= 11 is 3.55. The molecule has 0 amide bonds. The van der Waals surface area contributed by atoms with E-state index in [4.69, 9.17) is 9.72 Å². The van der Waals surface area contributed by atoms with Crippen molar-refractivity contribution in [2.45, 2.75) is 33.3 Å². The van der Waals surface area contributed by atoms with Gasteiger partial charge in [-0.2, -0.15) is 11.8 Å². The SMILES string of the molecule is CSCCN(COC(C)(C)C)c1sc(-c2cccnc2)nc1C. The Kier molecular flexibility index (Phi) is 6.44. The molecule has 0 radical (unpaired) electrons. The molecule has 0 aliphatic carbocycles. The zero-order valence-corrected chi connectivity index (χ0v) is 16.1. The van der Waals surface area contributed by atoms with Crippen LogP contribution in [0.5, 0.6) is 0 Å². The number of hydrogen-bond donors (Lipinski definition) is 0. The summed E-state index contributed by atoms with van der Waals surface area (Å²) in [6.45, 7) is 9.85. The molecule has 0 aliphatic rings. The number of rotatable bonds is 7. The lowest BCUT2D eigenvalue weighted by atomic mass is 10.2. The van der Waals surface area contributed by atoms with Gasteiger partial charge in [-0.15, -0.1) is 0 Å². The molecule has 0 unspecified atom stereocenters. The number of aryl methyl sites for hydroxylation is 1. The summed E-state index contributed by atoms with van der Waals surface area (Å²) in [6.07, 6.45) is 5.77. The van der Waals surface area contributed by atoms with E-state index in [2.05, 4.69) is 43.8 Å². The molecular formula is C17H25N3OS2. The highest BCUT2D eigenvalue weighted by Crippen LogP contribution is 2.34. The van der Waals surface area contributed by atoms with Crippen LogP contribution in [0.1, 0.15) is 26.5 Å². The van der Waals surface area contributed by atoms with Crippen molar-refractivity contribution in [1.82, 2.24) is 9.97 Å². The number of hydrogen-bond acceptors (Lipinski definition) is 6. The molecule has 6 heteroatoms. The van der Waals surface area contributed by atoms with Crippen LogP contribution in [-0.4, -0.2) is 40.9 Å². The number of anilines is 1. The number of thiazole rings is 1. The van der Waals surface area contributed by atoms with Crippen LogP contribution in [0.2, 0.25) is 0 Å². The fraction of sp³-hybridized carbons (Fsp3) is 0.529. The molecule has 2 heterocycles. The Balaban J connectivity index is 2.22. The fourth-order valence-electron chi connectivity index (χ4n) is 1.99. The molecule has 0 spiro atoms. The molecule has 126 valence electrons. The van der Waals surface area contributed by atoms with Crippen LogP contribution < -0.4 is 4.90 Å². The van der Waals surface area contributed by atoms with Gasteiger partial charge in [0.25, 0.3) is 0 Å². The molecule has 4 nitrogen and oxygen atoms in total. The lowest BCUT2D eigenvalue weighted by molar-refractivity contribution is -0.00177. The second-order valence-electron chi connectivity index (χ2n) is 6.29. The zero-order valence-electron chi connectivity index (χ0n) is 14.5. The lowest BCUT2D eigenvalue weighted by Crippen LogP contribution is -2.33. The Morgan fingerprint density at radius 2 is 2.13 bits per heavy atom. The summed E-state index contributed by atoms with van der Waals surface area (Å²) in [5, 5.41) is 2.19. The summed E-state index contributed by atoms with van der Waals surface area (Å²) < 4.78 is 6.00. The molecule has 2 aromatic heterocycles. The molecule has 0 aromatic carbocycles. The highest BCUT2D eigenvalue weighted by molar-refractivity contribution is 7.98. The van der Waals surface area contributed by atoms with Gasteiger partial charge in [-0.05, 0) is 46.1 Å². The largest absolute Gasteiger partial charge is 0.356 e. The Hall–Kier alpha value is -1.11. The first-order valence-corrected chi connectivity index (χ1v) is 9.87. The summed E-state index contributed by atoms with van der Waals surface area (Å²) in [7, 11) is 0. The molecule has 2 aromatic rings. The number of nitrogens with zero attached hydrogens (tertiary/aromatic N) is 3. The standard InChI is InChI=1S/C17H25N3OS2/c1-13-16(20(9-10-22-5)12-21-17(2,3)4)23-15(19-13)14-7-6-8-18-11-14/h6-8,11H,9-10,12H2,1-5H3. The molecule has 2 rings (SSSR count). The van der Waals surface area contributed by atoms with Crippen LogP contribution in [-0.2, 0) is 4.74 Å². The van der Waals surface area contributed by atoms with E-state index in [1.54, 1.807) is 17.5 Å². The second-order valence-corrected chi connectivity index (χ2v) is 8.26. The second kappa shape index (κ2) is 8.13. The summed E-state index contributed by atoms with van der Waals surface area (Å²) in [5.74, 6) is 1.06. The van der Waals surface area contributed by atoms with Crippen molar-refractivity contribution in [2.75, 3.05) is 30.2 Å². The number of aromatic nitrogens is 2. The van der Waals surface area contributed by atoms with E-state index in [0.717, 1.165) is 28.6 Å². The first-order chi connectivity index (χ1) is 10.9. The maximum absolute atomic E-state index is 6.00. The van der Waals surface area contributed by atoms with Crippen molar-refractivity contribution in [3.63, 3.8) is 0 Å². The van der Waals surface area contributed by atoms with Gasteiger partial charge < -0.3 is 9.64 Å². The highest BCUT2D eigenvalue weighted by atomic mass is 32.2. The van der Waals surface area contributed by atoms with Crippen molar-refractivity contribution in [3.05, 3.63) is 30.2 Å². The van der Waals surface area contributed by atoms with E-state index in [1.165, 1.54) is 5.00 Å². The Morgan fingerprint density at radius 1 is 1.35 bits per heavy atom. The molecule has 0 saturated heterocycles. The van der Waals surface area contributed by atoms with Gasteiger partial charge in [0.05, 0.1) is 11.3 Å². The third-order valence-electron chi connectivity index (χ3n) is 3.19. The van der Waals surface area contributed by atoms with Gasteiger partial charge in [0, 0.05) is 30.3 Å². The van der Waals surface area contributed by atoms with Crippen LogP contribution in [0.25, 0.3) is 10.6 Å². The van der Waals surface area contributed by atoms with E-state index >= 15 is 0 Å². The Morgan fingerprint density at radius 3 is 2.74 bits per heavy atom. The van der Waals surface area contributed by atoms with Crippen LogP contribution in [0.3, 0.4) is 0 Å². The van der Waals surface area contributed by atoms with Gasteiger partial charge in [0.15, 0.2) is 0 Å². The summed E-state index contributed by atoms with van der Waals surface area (Å²) in [5.41, 5.74) is 1.96. The van der Waals surface area contributed by atoms with Gasteiger partial charge in [-0.25, -0.2) is 4.98 Å². The maximum Gasteiger partial charge on any atom is 0.127 e. The monoisotopic (exact) mass is 351 g/mol. The average Bonchev–Trinajstić information content (AvgIpc) is 2.89. The van der Waals surface area contributed by atoms with Crippen molar-refractivity contribution in [1.29, 1.82) is 0 Å². The van der Waals surface area contributed by atoms with Crippen molar-refractivity contribution >= 4 is 28.1 Å². The van der Waals surface area contributed by atoms with E-state index in [1.807, 2.05) is 30.1 Å². The van der Waals surface area contributed by atoms with E-state index in [0.29, 0.717) is 6.73 Å². The van der Waals surface area contributed by atoms with E-state index in [-0.39, 0.29) is 5.60 Å². The minimum absolute atomic E-state index is 0.150. The summed E-state index contributed by atoms with van der Waals surface area (Å²) in [6, 6.07) is 3.99. The number of pyridine rings is 1. The van der Waals surface area contributed by atoms with Crippen LogP contribution in [0.15, 0.2) is 24.5 Å². The van der Waals surface area contributed by atoms with E-state index in [9.17, 15) is 0 Å². The average molecular weight is 352 g/mol. The molecule has 23 heavy (non-hydrogen) atoms. The minimum atomic E-state index is -0.150. The molecule has 0 N–H and O–H groups in total. The number of thioether (sulfide) groups is 1. The Bertz CT molecular complexity index is 608. The van der Waals surface area contributed by atoms with Crippen molar-refractivity contribution in [2.24, 2.45) is 0 Å². The Labute approximate surface area is 147 Å². The molecule has 0 atom stereocenters. The smallest absolute Gasteiger partial charge is 0.127 e. The highest BCUT2D eigenvalue weighted by Gasteiger charge is 2.18. The summed E-state index contributed by atoms with van der Waals surface area (Å²) in [4.78, 5) is 11.2. The first-order valence-electron chi connectivity index (χ1n) is 7.66.